The van der Waals surface area contributed by atoms with Gasteiger partial charge in [0.2, 0.25) is 0 Å². The van der Waals surface area contributed by atoms with Gasteiger partial charge in [0.05, 0.1) is 18.0 Å². The Labute approximate surface area is 126 Å². The minimum atomic E-state index is 0.525. The van der Waals surface area contributed by atoms with Gasteiger partial charge in [0.15, 0.2) is 0 Å². The van der Waals surface area contributed by atoms with Crippen molar-refractivity contribution in [1.82, 2.24) is 9.97 Å². The van der Waals surface area contributed by atoms with E-state index in [9.17, 15) is 0 Å². The normalized spacial score (nSPS) is 10.7. The van der Waals surface area contributed by atoms with Crippen LogP contribution in [0.3, 0.4) is 0 Å². The summed E-state index contributed by atoms with van der Waals surface area (Å²) < 4.78 is 5.75. The number of nitrogens with zero attached hydrogens (tertiary/aromatic N) is 2. The van der Waals surface area contributed by atoms with Crippen LogP contribution < -0.4 is 10.1 Å². The molecule has 0 spiro atoms. The van der Waals surface area contributed by atoms with Gasteiger partial charge in [-0.25, -0.2) is 4.98 Å². The molecule has 0 fully saturated rings. The maximum absolute atomic E-state index is 5.75. The zero-order valence-corrected chi connectivity index (χ0v) is 13.2. The number of hydrogen-bond donors (Lipinski definition) is 1. The molecule has 21 heavy (non-hydrogen) atoms. The van der Waals surface area contributed by atoms with E-state index < -0.39 is 0 Å². The number of aryl methyl sites for hydroxylation is 2. The van der Waals surface area contributed by atoms with Gasteiger partial charge < -0.3 is 10.1 Å². The van der Waals surface area contributed by atoms with Crippen molar-refractivity contribution < 1.29 is 4.74 Å². The first kappa shape index (κ1) is 15.3. The van der Waals surface area contributed by atoms with Crippen LogP contribution in [-0.4, -0.2) is 16.6 Å². The summed E-state index contributed by atoms with van der Waals surface area (Å²) >= 11 is 0. The van der Waals surface area contributed by atoms with Crippen LogP contribution in [0.25, 0.3) is 0 Å². The molecule has 0 amide bonds. The molecule has 4 nitrogen and oxygen atoms in total. The zero-order chi connectivity index (χ0) is 15.2. The highest BCUT2D eigenvalue weighted by Crippen LogP contribution is 2.16. The zero-order valence-electron chi connectivity index (χ0n) is 13.2. The SMILES string of the molecule is Cc1cnc(C)c(NCc2cccc(OCC(C)C)c2)n1. The van der Waals surface area contributed by atoms with Crippen LogP contribution in [0.4, 0.5) is 5.82 Å². The van der Waals surface area contributed by atoms with Crippen molar-refractivity contribution in [2.45, 2.75) is 34.2 Å². The fourth-order valence-electron chi connectivity index (χ4n) is 1.90. The number of rotatable bonds is 6. The standard InChI is InChI=1S/C17H23N3O/c1-12(2)11-21-16-7-5-6-15(8-16)10-19-17-14(4)18-9-13(3)20-17/h5-9,12H,10-11H2,1-4H3,(H,19,20). The van der Waals surface area contributed by atoms with Crippen LogP contribution in [0, 0.1) is 19.8 Å². The van der Waals surface area contributed by atoms with Gasteiger partial charge in [-0.3, -0.25) is 4.98 Å². The second-order valence-corrected chi connectivity index (χ2v) is 5.65. The predicted molar refractivity (Wildman–Crippen MR) is 85.6 cm³/mol. The number of nitrogens with one attached hydrogen (secondary N) is 1. The molecule has 0 aliphatic carbocycles. The maximum atomic E-state index is 5.75. The Morgan fingerprint density at radius 1 is 1.24 bits per heavy atom. The van der Waals surface area contributed by atoms with Crippen molar-refractivity contribution in [2.75, 3.05) is 11.9 Å². The van der Waals surface area contributed by atoms with Crippen LogP contribution in [0.1, 0.15) is 30.8 Å². The first-order valence-electron chi connectivity index (χ1n) is 7.30. The summed E-state index contributed by atoms with van der Waals surface area (Å²) in [7, 11) is 0. The number of ether oxygens (including phenoxy) is 1. The molecule has 112 valence electrons. The van der Waals surface area contributed by atoms with Crippen molar-refractivity contribution >= 4 is 5.82 Å². The van der Waals surface area contributed by atoms with Gasteiger partial charge in [0, 0.05) is 12.7 Å². The van der Waals surface area contributed by atoms with E-state index in [1.54, 1.807) is 6.20 Å². The fourth-order valence-corrected chi connectivity index (χ4v) is 1.90. The van der Waals surface area contributed by atoms with Crippen molar-refractivity contribution in [3.05, 3.63) is 47.4 Å². The molecule has 1 N–H and O–H groups in total. The van der Waals surface area contributed by atoms with E-state index in [1.807, 2.05) is 26.0 Å². The summed E-state index contributed by atoms with van der Waals surface area (Å²) in [6, 6.07) is 8.15. The van der Waals surface area contributed by atoms with Crippen molar-refractivity contribution in [1.29, 1.82) is 0 Å². The van der Waals surface area contributed by atoms with E-state index in [-0.39, 0.29) is 0 Å². The molecule has 0 aliphatic rings. The largest absolute Gasteiger partial charge is 0.493 e. The van der Waals surface area contributed by atoms with Crippen LogP contribution in [-0.2, 0) is 6.54 Å². The molecule has 1 heterocycles. The highest BCUT2D eigenvalue weighted by atomic mass is 16.5. The molecule has 0 bridgehead atoms. The Morgan fingerprint density at radius 3 is 2.81 bits per heavy atom. The average Bonchev–Trinajstić information content (AvgIpc) is 2.46. The minimum absolute atomic E-state index is 0.525. The molecular weight excluding hydrogens is 262 g/mol. The lowest BCUT2D eigenvalue weighted by Gasteiger charge is -2.11. The predicted octanol–water partition coefficient (Wildman–Crippen LogP) is 3.74. The summed E-state index contributed by atoms with van der Waals surface area (Å²) in [4.78, 5) is 8.77. The maximum Gasteiger partial charge on any atom is 0.148 e. The molecule has 0 unspecified atom stereocenters. The van der Waals surface area contributed by atoms with Gasteiger partial charge in [0.25, 0.3) is 0 Å². The van der Waals surface area contributed by atoms with Crippen LogP contribution >= 0.6 is 0 Å². The first-order valence-corrected chi connectivity index (χ1v) is 7.30. The molecule has 2 aromatic rings. The highest BCUT2D eigenvalue weighted by molar-refractivity contribution is 5.41. The van der Waals surface area contributed by atoms with E-state index in [0.29, 0.717) is 12.5 Å². The van der Waals surface area contributed by atoms with Gasteiger partial charge >= 0.3 is 0 Å². The van der Waals surface area contributed by atoms with E-state index in [0.717, 1.165) is 29.6 Å². The van der Waals surface area contributed by atoms with E-state index in [1.165, 1.54) is 5.56 Å². The van der Waals surface area contributed by atoms with E-state index in [2.05, 4.69) is 41.3 Å². The van der Waals surface area contributed by atoms with Crippen LogP contribution in [0.15, 0.2) is 30.5 Å². The first-order chi connectivity index (χ1) is 10.0. The third kappa shape index (κ3) is 4.74. The van der Waals surface area contributed by atoms with Crippen molar-refractivity contribution in [3.63, 3.8) is 0 Å². The number of hydrogen-bond acceptors (Lipinski definition) is 4. The molecule has 0 saturated heterocycles. The van der Waals surface area contributed by atoms with Crippen LogP contribution in [0.2, 0.25) is 0 Å². The molecule has 1 aromatic heterocycles. The number of benzene rings is 1. The summed E-state index contributed by atoms with van der Waals surface area (Å²) in [5.74, 6) is 2.27. The Balaban J connectivity index is 1.99. The Bertz CT molecular complexity index is 596. The van der Waals surface area contributed by atoms with E-state index in [4.69, 9.17) is 4.74 Å². The summed E-state index contributed by atoms with van der Waals surface area (Å²) in [6.45, 7) is 9.63. The molecule has 0 radical (unpaired) electrons. The smallest absolute Gasteiger partial charge is 0.148 e. The summed E-state index contributed by atoms with van der Waals surface area (Å²) in [5.41, 5.74) is 2.99. The molecule has 4 heteroatoms. The third-order valence-corrected chi connectivity index (χ3v) is 3.02. The van der Waals surface area contributed by atoms with Crippen molar-refractivity contribution in [3.8, 4) is 5.75 Å². The van der Waals surface area contributed by atoms with Crippen LogP contribution in [0.5, 0.6) is 5.75 Å². The van der Waals surface area contributed by atoms with Gasteiger partial charge in [-0.05, 0) is 37.5 Å². The Kier molecular flexibility index (Phi) is 5.14. The minimum Gasteiger partial charge on any atom is -0.493 e. The quantitative estimate of drug-likeness (QED) is 0.878. The molecule has 0 atom stereocenters. The van der Waals surface area contributed by atoms with Gasteiger partial charge in [-0.15, -0.1) is 0 Å². The second-order valence-electron chi connectivity index (χ2n) is 5.65. The highest BCUT2D eigenvalue weighted by Gasteiger charge is 2.03. The molecule has 2 rings (SSSR count). The lowest BCUT2D eigenvalue weighted by molar-refractivity contribution is 0.271. The summed E-state index contributed by atoms with van der Waals surface area (Å²) in [6.07, 6.45) is 1.78. The topological polar surface area (TPSA) is 47.0 Å². The monoisotopic (exact) mass is 285 g/mol. The third-order valence-electron chi connectivity index (χ3n) is 3.02. The van der Waals surface area contributed by atoms with E-state index >= 15 is 0 Å². The second kappa shape index (κ2) is 7.07. The molecule has 0 aliphatic heterocycles. The summed E-state index contributed by atoms with van der Waals surface area (Å²) in [5, 5.41) is 3.33. The van der Waals surface area contributed by atoms with Crippen molar-refractivity contribution in [2.24, 2.45) is 5.92 Å². The number of aromatic nitrogens is 2. The molecule has 1 aromatic carbocycles. The van der Waals surface area contributed by atoms with Gasteiger partial charge in [0.1, 0.15) is 11.6 Å². The molecule has 0 saturated carbocycles. The Morgan fingerprint density at radius 2 is 2.05 bits per heavy atom. The van der Waals surface area contributed by atoms with Gasteiger partial charge in [-0.2, -0.15) is 0 Å². The lowest BCUT2D eigenvalue weighted by atomic mass is 10.2. The van der Waals surface area contributed by atoms with Gasteiger partial charge in [-0.1, -0.05) is 26.0 Å². The number of anilines is 1. The average molecular weight is 285 g/mol. The lowest BCUT2D eigenvalue weighted by Crippen LogP contribution is -2.07. The molecular formula is C17H23N3O. The fraction of sp³-hybridized carbons (Fsp3) is 0.412. The Hall–Kier alpha value is -2.10.